The summed E-state index contributed by atoms with van der Waals surface area (Å²) in [6.07, 6.45) is 0. The van der Waals surface area contributed by atoms with Gasteiger partial charge in [0, 0.05) is 12.1 Å². The van der Waals surface area contributed by atoms with Gasteiger partial charge in [0.25, 0.3) is 0 Å². The number of phenols is 1. The summed E-state index contributed by atoms with van der Waals surface area (Å²) in [5.41, 5.74) is 7.85. The second-order valence-corrected chi connectivity index (χ2v) is 5.15. The van der Waals surface area contributed by atoms with Gasteiger partial charge in [0.2, 0.25) is 0 Å². The van der Waals surface area contributed by atoms with Gasteiger partial charge in [-0.2, -0.15) is 5.10 Å². The maximum atomic E-state index is 9.61. The standard InChI is InChI=1S/C14H19N5O2/c1-7(2)19-14(16)13(11(6-20)18-19)17-10-4-8(3)12(21)5-9(10)15/h4-5,7,16,20-21H,6,15H2,1-3H3. The van der Waals surface area contributed by atoms with Crippen molar-refractivity contribution in [3.05, 3.63) is 17.7 Å². The molecule has 1 aliphatic heterocycles. The van der Waals surface area contributed by atoms with Crippen molar-refractivity contribution < 1.29 is 10.2 Å². The number of aromatic hydroxyl groups is 1. The number of nitrogens with zero attached hydrogens (tertiary/aromatic N) is 3. The fourth-order valence-electron chi connectivity index (χ4n) is 1.98. The second kappa shape index (κ2) is 5.53. The number of amidine groups is 1. The van der Waals surface area contributed by atoms with Gasteiger partial charge >= 0.3 is 0 Å². The van der Waals surface area contributed by atoms with Crippen molar-refractivity contribution in [2.45, 2.75) is 26.8 Å². The fraction of sp³-hybridized carbons (Fsp3) is 0.357. The highest BCUT2D eigenvalue weighted by Crippen LogP contribution is 2.30. The highest BCUT2D eigenvalue weighted by Gasteiger charge is 2.29. The van der Waals surface area contributed by atoms with Crippen LogP contribution in [0.25, 0.3) is 0 Å². The molecule has 112 valence electrons. The number of rotatable bonds is 3. The number of anilines is 1. The molecule has 1 aromatic carbocycles. The zero-order valence-corrected chi connectivity index (χ0v) is 12.3. The van der Waals surface area contributed by atoms with Crippen LogP contribution in [0.1, 0.15) is 19.4 Å². The largest absolute Gasteiger partial charge is 0.508 e. The van der Waals surface area contributed by atoms with Crippen LogP contribution in [0.4, 0.5) is 11.4 Å². The second-order valence-electron chi connectivity index (χ2n) is 5.15. The molecule has 0 aliphatic carbocycles. The Kier molecular flexibility index (Phi) is 3.95. The monoisotopic (exact) mass is 289 g/mol. The Hall–Kier alpha value is -2.41. The number of aliphatic imine (C=N–C) groups is 1. The first-order valence-corrected chi connectivity index (χ1v) is 6.59. The molecule has 0 amide bonds. The smallest absolute Gasteiger partial charge is 0.169 e. The van der Waals surface area contributed by atoms with Gasteiger partial charge in [-0.15, -0.1) is 0 Å². The van der Waals surface area contributed by atoms with Gasteiger partial charge in [-0.25, -0.2) is 10.0 Å². The van der Waals surface area contributed by atoms with E-state index < -0.39 is 0 Å². The van der Waals surface area contributed by atoms with E-state index in [0.717, 1.165) is 0 Å². The Bertz CT molecular complexity index is 649. The summed E-state index contributed by atoms with van der Waals surface area (Å²) in [5.74, 6) is 0.219. The van der Waals surface area contributed by atoms with Crippen LogP contribution in [0.15, 0.2) is 22.2 Å². The van der Waals surface area contributed by atoms with E-state index in [-0.39, 0.29) is 24.2 Å². The molecule has 7 nitrogen and oxygen atoms in total. The first-order valence-electron chi connectivity index (χ1n) is 6.59. The SMILES string of the molecule is Cc1cc(N=C2C(=N)N(C(C)C)N=C2CO)c(N)cc1O. The number of hydrogen-bond acceptors (Lipinski definition) is 6. The lowest BCUT2D eigenvalue weighted by Crippen LogP contribution is -2.32. The molecule has 0 bridgehead atoms. The Morgan fingerprint density at radius 1 is 1.43 bits per heavy atom. The van der Waals surface area contributed by atoms with Gasteiger partial charge in [-0.1, -0.05) is 0 Å². The molecule has 7 heteroatoms. The van der Waals surface area contributed by atoms with Gasteiger partial charge in [0.1, 0.15) is 17.2 Å². The summed E-state index contributed by atoms with van der Waals surface area (Å²) in [5, 5.41) is 32.8. The van der Waals surface area contributed by atoms with Crippen molar-refractivity contribution in [3.63, 3.8) is 0 Å². The van der Waals surface area contributed by atoms with Crippen LogP contribution in [-0.2, 0) is 0 Å². The van der Waals surface area contributed by atoms with Gasteiger partial charge in [-0.3, -0.25) is 5.41 Å². The average molecular weight is 289 g/mol. The number of nitrogens with one attached hydrogen (secondary N) is 1. The number of aliphatic hydroxyl groups excluding tert-OH is 1. The fourth-order valence-corrected chi connectivity index (χ4v) is 1.98. The van der Waals surface area contributed by atoms with Crippen molar-refractivity contribution in [2.75, 3.05) is 12.3 Å². The van der Waals surface area contributed by atoms with E-state index in [1.807, 2.05) is 13.8 Å². The molecule has 0 aromatic heterocycles. The molecule has 1 aromatic rings. The van der Waals surface area contributed by atoms with Crippen LogP contribution in [0.3, 0.4) is 0 Å². The van der Waals surface area contributed by atoms with Gasteiger partial charge in [0.05, 0.1) is 18.0 Å². The summed E-state index contributed by atoms with van der Waals surface area (Å²) in [6, 6.07) is 3.05. The van der Waals surface area contributed by atoms with Gasteiger partial charge < -0.3 is 15.9 Å². The van der Waals surface area contributed by atoms with Crippen LogP contribution in [-0.4, -0.2) is 45.1 Å². The molecule has 0 radical (unpaired) electrons. The van der Waals surface area contributed by atoms with E-state index in [1.54, 1.807) is 13.0 Å². The maximum Gasteiger partial charge on any atom is 0.169 e. The summed E-state index contributed by atoms with van der Waals surface area (Å²) < 4.78 is 0. The molecule has 1 heterocycles. The zero-order chi connectivity index (χ0) is 15.7. The molecular weight excluding hydrogens is 270 g/mol. The van der Waals surface area contributed by atoms with Gasteiger partial charge in [-0.05, 0) is 32.4 Å². The highest BCUT2D eigenvalue weighted by molar-refractivity contribution is 6.70. The maximum absolute atomic E-state index is 9.61. The molecule has 0 saturated carbocycles. The van der Waals surface area contributed by atoms with E-state index >= 15 is 0 Å². The number of hydrogen-bond donors (Lipinski definition) is 4. The molecule has 0 fully saturated rings. The lowest BCUT2D eigenvalue weighted by Gasteiger charge is -2.17. The Morgan fingerprint density at radius 3 is 2.67 bits per heavy atom. The summed E-state index contributed by atoms with van der Waals surface area (Å²) in [7, 11) is 0. The van der Waals surface area contributed by atoms with E-state index in [1.165, 1.54) is 11.1 Å². The Balaban J connectivity index is 2.48. The zero-order valence-electron chi connectivity index (χ0n) is 12.3. The van der Waals surface area contributed by atoms with Crippen molar-refractivity contribution in [1.82, 2.24) is 5.01 Å². The molecule has 5 N–H and O–H groups in total. The quantitative estimate of drug-likeness (QED) is 0.629. The van der Waals surface area contributed by atoms with E-state index in [4.69, 9.17) is 11.1 Å². The van der Waals surface area contributed by atoms with Crippen LogP contribution in [0, 0.1) is 12.3 Å². The first-order chi connectivity index (χ1) is 9.85. The number of aryl methyl sites for hydroxylation is 1. The summed E-state index contributed by atoms with van der Waals surface area (Å²) in [6.45, 7) is 5.23. The van der Waals surface area contributed by atoms with Crippen molar-refractivity contribution in [1.29, 1.82) is 5.41 Å². The lowest BCUT2D eigenvalue weighted by molar-refractivity contribution is 0.347. The molecule has 0 atom stereocenters. The molecule has 2 rings (SSSR count). The summed E-state index contributed by atoms with van der Waals surface area (Å²) in [4.78, 5) is 4.35. The van der Waals surface area contributed by atoms with Crippen molar-refractivity contribution in [2.24, 2.45) is 10.1 Å². The number of hydrazone groups is 1. The predicted molar refractivity (Wildman–Crippen MR) is 83.6 cm³/mol. The van der Waals surface area contributed by atoms with Crippen LogP contribution in [0.2, 0.25) is 0 Å². The molecule has 0 unspecified atom stereocenters. The molecule has 1 aliphatic rings. The number of nitrogen functional groups attached to an aromatic ring is 1. The van der Waals surface area contributed by atoms with Crippen molar-refractivity contribution >= 4 is 28.6 Å². The minimum absolute atomic E-state index is 0.00866. The minimum Gasteiger partial charge on any atom is -0.508 e. The molecule has 21 heavy (non-hydrogen) atoms. The van der Waals surface area contributed by atoms with Crippen LogP contribution in [0.5, 0.6) is 5.75 Å². The average Bonchev–Trinajstić information content (AvgIpc) is 2.73. The molecule has 0 saturated heterocycles. The summed E-state index contributed by atoms with van der Waals surface area (Å²) >= 11 is 0. The predicted octanol–water partition coefficient (Wildman–Crippen LogP) is 1.40. The topological polar surface area (TPSA) is 118 Å². The first kappa shape index (κ1) is 15.0. The van der Waals surface area contributed by atoms with Crippen molar-refractivity contribution in [3.8, 4) is 5.75 Å². The van der Waals surface area contributed by atoms with Gasteiger partial charge in [0.15, 0.2) is 5.84 Å². The molecule has 0 spiro atoms. The highest BCUT2D eigenvalue weighted by atomic mass is 16.3. The Morgan fingerprint density at radius 2 is 2.10 bits per heavy atom. The third-order valence-electron chi connectivity index (χ3n) is 3.17. The number of nitrogens with two attached hydrogens (primary N) is 1. The molecular formula is C14H19N5O2. The van der Waals surface area contributed by atoms with Crippen LogP contribution >= 0.6 is 0 Å². The number of benzene rings is 1. The van der Waals surface area contributed by atoms with E-state index in [2.05, 4.69) is 10.1 Å². The number of phenolic OH excluding ortho intramolecular Hbond substituents is 1. The number of aliphatic hydroxyl groups is 1. The van der Waals surface area contributed by atoms with Crippen LogP contribution < -0.4 is 5.73 Å². The van der Waals surface area contributed by atoms with E-state index in [0.29, 0.717) is 28.4 Å². The third kappa shape index (κ3) is 2.73. The lowest BCUT2D eigenvalue weighted by atomic mass is 10.1. The Labute approximate surface area is 122 Å². The van der Waals surface area contributed by atoms with E-state index in [9.17, 15) is 10.2 Å². The minimum atomic E-state index is -0.304. The normalized spacial score (nSPS) is 17.0. The third-order valence-corrected chi connectivity index (χ3v) is 3.17.